The number of halogens is 1. The van der Waals surface area contributed by atoms with E-state index in [1.54, 1.807) is 46.0 Å². The number of amides is 1. The van der Waals surface area contributed by atoms with Crippen LogP contribution in [0.2, 0.25) is 0 Å². The molecule has 27 heavy (non-hydrogen) atoms. The number of carbonyl (C=O) groups is 2. The zero-order valence-corrected chi connectivity index (χ0v) is 15.6. The summed E-state index contributed by atoms with van der Waals surface area (Å²) >= 11 is 0. The quantitative estimate of drug-likeness (QED) is 0.678. The maximum atomic E-state index is 13.1. The fourth-order valence-corrected chi connectivity index (χ4v) is 2.57. The summed E-state index contributed by atoms with van der Waals surface area (Å²) in [4.78, 5) is 30.8. The van der Waals surface area contributed by atoms with Gasteiger partial charge in [-0.15, -0.1) is 0 Å². The van der Waals surface area contributed by atoms with Gasteiger partial charge in [-0.3, -0.25) is 4.79 Å². The Hall–Kier alpha value is -3.22. The largest absolute Gasteiger partial charge is 0.443 e. The molecule has 0 radical (unpaired) electrons. The molecule has 2 aromatic carbocycles. The lowest BCUT2D eigenvalue weighted by molar-refractivity contribution is 0.0543. The molecular formula is C20H20FN3O3. The Morgan fingerprint density at radius 2 is 1.78 bits per heavy atom. The van der Waals surface area contributed by atoms with Crippen LogP contribution in [0.4, 0.5) is 14.9 Å². The first-order valence-corrected chi connectivity index (χ1v) is 8.40. The van der Waals surface area contributed by atoms with Crippen molar-refractivity contribution >= 4 is 28.7 Å². The van der Waals surface area contributed by atoms with Crippen molar-refractivity contribution in [3.8, 4) is 0 Å². The van der Waals surface area contributed by atoms with E-state index in [-0.39, 0.29) is 11.7 Å². The first-order valence-electron chi connectivity index (χ1n) is 8.40. The molecule has 1 heterocycles. The van der Waals surface area contributed by atoms with E-state index < -0.39 is 11.7 Å². The summed E-state index contributed by atoms with van der Waals surface area (Å²) < 4.78 is 19.7. The van der Waals surface area contributed by atoms with Crippen LogP contribution in [0.15, 0.2) is 48.8 Å². The van der Waals surface area contributed by atoms with E-state index in [0.29, 0.717) is 22.3 Å². The second-order valence-corrected chi connectivity index (χ2v) is 7.14. The van der Waals surface area contributed by atoms with Crippen molar-refractivity contribution in [1.82, 2.24) is 9.55 Å². The number of carbonyl (C=O) groups excluding carboxylic acids is 2. The van der Waals surface area contributed by atoms with Crippen LogP contribution in [0.3, 0.4) is 0 Å². The lowest BCUT2D eigenvalue weighted by Gasteiger charge is -2.20. The Bertz CT molecular complexity index is 1000. The van der Waals surface area contributed by atoms with E-state index in [1.807, 2.05) is 0 Å². The van der Waals surface area contributed by atoms with Crippen molar-refractivity contribution in [1.29, 1.82) is 0 Å². The van der Waals surface area contributed by atoms with Gasteiger partial charge >= 0.3 is 6.09 Å². The Kier molecular flexibility index (Phi) is 4.70. The highest BCUT2D eigenvalue weighted by molar-refractivity contribution is 6.07. The van der Waals surface area contributed by atoms with Gasteiger partial charge in [0.15, 0.2) is 0 Å². The molecule has 0 fully saturated rings. The van der Waals surface area contributed by atoms with Gasteiger partial charge < -0.3 is 9.64 Å². The van der Waals surface area contributed by atoms with E-state index in [9.17, 15) is 14.0 Å². The maximum absolute atomic E-state index is 13.1. The zero-order chi connectivity index (χ0) is 19.8. The molecule has 0 aliphatic carbocycles. The third kappa shape index (κ3) is 3.97. The number of hydrogen-bond acceptors (Lipinski definition) is 4. The van der Waals surface area contributed by atoms with Gasteiger partial charge in [0.2, 0.25) is 0 Å². The van der Waals surface area contributed by atoms with E-state index in [4.69, 9.17) is 4.74 Å². The second-order valence-electron chi connectivity index (χ2n) is 7.14. The predicted octanol–water partition coefficient (Wildman–Crippen LogP) is 4.24. The predicted molar refractivity (Wildman–Crippen MR) is 100 cm³/mol. The lowest BCUT2D eigenvalue weighted by atomic mass is 10.1. The lowest BCUT2D eigenvalue weighted by Crippen LogP contribution is -2.27. The third-order valence-electron chi connectivity index (χ3n) is 3.90. The first kappa shape index (κ1) is 18.6. The van der Waals surface area contributed by atoms with Crippen molar-refractivity contribution in [2.45, 2.75) is 26.4 Å². The Balaban J connectivity index is 1.93. The van der Waals surface area contributed by atoms with Crippen molar-refractivity contribution in [3.05, 3.63) is 60.2 Å². The van der Waals surface area contributed by atoms with E-state index >= 15 is 0 Å². The smallest absolute Gasteiger partial charge is 0.420 e. The van der Waals surface area contributed by atoms with Gasteiger partial charge in [0.05, 0.1) is 11.0 Å². The summed E-state index contributed by atoms with van der Waals surface area (Å²) in [6.07, 6.45) is 0.804. The number of ether oxygens (including phenoxy) is 1. The molecule has 0 bridgehead atoms. The average molecular weight is 369 g/mol. The third-order valence-corrected chi connectivity index (χ3v) is 3.90. The van der Waals surface area contributed by atoms with Crippen LogP contribution in [0.25, 0.3) is 11.0 Å². The molecule has 0 aliphatic heterocycles. The maximum Gasteiger partial charge on any atom is 0.420 e. The van der Waals surface area contributed by atoms with Crippen LogP contribution in [0.5, 0.6) is 0 Å². The van der Waals surface area contributed by atoms with Crippen LogP contribution in [-0.2, 0) is 4.74 Å². The molecule has 140 valence electrons. The van der Waals surface area contributed by atoms with Crippen LogP contribution in [0, 0.1) is 5.82 Å². The van der Waals surface area contributed by atoms with Gasteiger partial charge in [0.1, 0.15) is 17.7 Å². The highest BCUT2D eigenvalue weighted by Crippen LogP contribution is 2.21. The minimum Gasteiger partial charge on any atom is -0.443 e. The van der Waals surface area contributed by atoms with Gasteiger partial charge in [-0.25, -0.2) is 18.7 Å². The Morgan fingerprint density at radius 1 is 1.11 bits per heavy atom. The van der Waals surface area contributed by atoms with Gasteiger partial charge in [0.25, 0.3) is 5.91 Å². The number of hydrogen-bond donors (Lipinski definition) is 0. The number of anilines is 1. The highest BCUT2D eigenvalue weighted by Gasteiger charge is 2.21. The Morgan fingerprint density at radius 3 is 2.41 bits per heavy atom. The van der Waals surface area contributed by atoms with Gasteiger partial charge in [0, 0.05) is 18.3 Å². The molecule has 6 nitrogen and oxygen atoms in total. The molecule has 1 aromatic heterocycles. The topological polar surface area (TPSA) is 64.4 Å². The van der Waals surface area contributed by atoms with E-state index in [0.717, 1.165) is 0 Å². The molecule has 0 spiro atoms. The SMILES string of the molecule is CN(C(=O)c1ccc2ncn(C(=O)OC(C)(C)C)c2c1)c1ccc(F)cc1. The van der Waals surface area contributed by atoms with Gasteiger partial charge in [-0.2, -0.15) is 0 Å². The molecule has 7 heteroatoms. The van der Waals surface area contributed by atoms with Gasteiger partial charge in [-0.1, -0.05) is 0 Å². The normalized spacial score (nSPS) is 11.4. The first-order chi connectivity index (χ1) is 12.7. The summed E-state index contributed by atoms with van der Waals surface area (Å²) in [5.41, 5.74) is 1.33. The molecule has 0 atom stereocenters. The molecule has 0 saturated carbocycles. The zero-order valence-electron chi connectivity index (χ0n) is 15.6. The molecule has 0 saturated heterocycles. The molecule has 1 amide bonds. The van der Waals surface area contributed by atoms with Crippen molar-refractivity contribution in [3.63, 3.8) is 0 Å². The molecule has 3 rings (SSSR count). The minimum atomic E-state index is -0.649. The van der Waals surface area contributed by atoms with Crippen LogP contribution < -0.4 is 4.90 Å². The second kappa shape index (κ2) is 6.83. The minimum absolute atomic E-state index is 0.291. The Labute approximate surface area is 156 Å². The summed E-state index contributed by atoms with van der Waals surface area (Å²) in [6.45, 7) is 5.32. The number of benzene rings is 2. The molecule has 0 aliphatic rings. The molecule has 0 unspecified atom stereocenters. The number of fused-ring (bicyclic) bond motifs is 1. The van der Waals surface area contributed by atoms with Crippen molar-refractivity contribution < 1.29 is 18.7 Å². The van der Waals surface area contributed by atoms with Crippen molar-refractivity contribution in [2.24, 2.45) is 0 Å². The number of nitrogens with zero attached hydrogens (tertiary/aromatic N) is 3. The van der Waals surface area contributed by atoms with Gasteiger partial charge in [-0.05, 0) is 63.2 Å². The highest BCUT2D eigenvalue weighted by atomic mass is 19.1. The number of imidazole rings is 1. The molecular weight excluding hydrogens is 349 g/mol. The monoisotopic (exact) mass is 369 g/mol. The fraction of sp³-hybridized carbons (Fsp3) is 0.250. The van der Waals surface area contributed by atoms with E-state index in [1.165, 1.54) is 40.1 Å². The summed E-state index contributed by atoms with van der Waals surface area (Å²) in [5, 5.41) is 0. The molecule has 3 aromatic rings. The summed E-state index contributed by atoms with van der Waals surface area (Å²) in [7, 11) is 1.60. The van der Waals surface area contributed by atoms with E-state index in [2.05, 4.69) is 4.98 Å². The standard InChI is InChI=1S/C20H20FN3O3/c1-20(2,3)27-19(26)24-12-22-16-10-5-13(11-17(16)24)18(25)23(4)15-8-6-14(21)7-9-15/h5-12H,1-4H3. The van der Waals surface area contributed by atoms with Crippen LogP contribution in [0.1, 0.15) is 31.1 Å². The summed E-state index contributed by atoms with van der Waals surface area (Å²) in [5.74, 6) is -0.664. The van der Waals surface area contributed by atoms with Crippen LogP contribution >= 0.6 is 0 Å². The summed E-state index contributed by atoms with van der Waals surface area (Å²) in [6, 6.07) is 10.5. The van der Waals surface area contributed by atoms with Crippen molar-refractivity contribution in [2.75, 3.05) is 11.9 Å². The number of aromatic nitrogens is 2. The fourth-order valence-electron chi connectivity index (χ4n) is 2.57. The average Bonchev–Trinajstić information content (AvgIpc) is 3.03. The molecule has 0 N–H and O–H groups in total. The van der Waals surface area contributed by atoms with Crippen LogP contribution in [-0.4, -0.2) is 34.2 Å². The number of rotatable bonds is 2.